The highest BCUT2D eigenvalue weighted by Crippen LogP contribution is 2.32. The Labute approximate surface area is 261 Å². The van der Waals surface area contributed by atoms with Gasteiger partial charge in [-0.2, -0.15) is 0 Å². The number of nitrogens with one attached hydrogen (secondary N) is 1. The highest BCUT2D eigenvalue weighted by atomic mass is 35.5. The van der Waals surface area contributed by atoms with Crippen molar-refractivity contribution in [3.8, 4) is 17.1 Å². The maximum atomic E-state index is 13.5. The first-order chi connectivity index (χ1) is 21.1. The summed E-state index contributed by atoms with van der Waals surface area (Å²) < 4.78 is 49.9. The Morgan fingerprint density at radius 2 is 1.82 bits per heavy atom. The van der Waals surface area contributed by atoms with Crippen LogP contribution in [0.3, 0.4) is 0 Å². The molecule has 8 nitrogen and oxygen atoms in total. The number of ether oxygens (including phenoxy) is 1. The molecule has 1 N–H and O–H groups in total. The molecule has 0 radical (unpaired) electrons. The molecule has 0 spiro atoms. The average molecular weight is 637 g/mol. The van der Waals surface area contributed by atoms with Crippen LogP contribution < -0.4 is 10.1 Å². The predicted molar refractivity (Wildman–Crippen MR) is 172 cm³/mol. The lowest BCUT2D eigenvalue weighted by molar-refractivity contribution is 0.210. The number of anilines is 1. The maximum absolute atomic E-state index is 13.5. The lowest BCUT2D eigenvalue weighted by Gasteiger charge is -2.27. The van der Waals surface area contributed by atoms with Gasteiger partial charge >= 0.3 is 0 Å². The van der Waals surface area contributed by atoms with Gasteiger partial charge in [-0.25, -0.2) is 22.8 Å². The summed E-state index contributed by atoms with van der Waals surface area (Å²) >= 11 is 6.49. The molecule has 230 valence electrons. The van der Waals surface area contributed by atoms with Gasteiger partial charge in [-0.05, 0) is 78.8 Å². The van der Waals surface area contributed by atoms with E-state index < -0.39 is 9.84 Å². The van der Waals surface area contributed by atoms with E-state index in [0.717, 1.165) is 22.0 Å². The van der Waals surface area contributed by atoms with E-state index in [9.17, 15) is 12.8 Å². The molecule has 11 heteroatoms. The minimum atomic E-state index is -3.23. The second kappa shape index (κ2) is 13.8. The third-order valence-corrected chi connectivity index (χ3v) is 8.55. The molecule has 2 aromatic heterocycles. The second-order valence-corrected chi connectivity index (χ2v) is 13.1. The summed E-state index contributed by atoms with van der Waals surface area (Å²) in [5.74, 6) is 2.05. The summed E-state index contributed by atoms with van der Waals surface area (Å²) in [6, 6.07) is 20.9. The fraction of sp³-hybridized carbons (Fsp3) is 0.273. The summed E-state index contributed by atoms with van der Waals surface area (Å²) in [4.78, 5) is 11.0. The molecular formula is C33H34ClFN4O4S. The lowest BCUT2D eigenvalue weighted by atomic mass is 10.1. The van der Waals surface area contributed by atoms with Gasteiger partial charge in [-0.3, -0.25) is 4.90 Å². The lowest BCUT2D eigenvalue weighted by Crippen LogP contribution is -2.32. The van der Waals surface area contributed by atoms with Gasteiger partial charge in [0.05, 0.1) is 22.3 Å². The third-order valence-electron chi connectivity index (χ3n) is 7.33. The van der Waals surface area contributed by atoms with Gasteiger partial charge in [0, 0.05) is 23.8 Å². The van der Waals surface area contributed by atoms with E-state index in [0.29, 0.717) is 53.3 Å². The number of rotatable bonds is 13. The van der Waals surface area contributed by atoms with E-state index in [1.54, 1.807) is 18.2 Å². The highest BCUT2D eigenvalue weighted by Gasteiger charge is 2.26. The van der Waals surface area contributed by atoms with Crippen molar-refractivity contribution in [2.45, 2.75) is 33.0 Å². The molecular weight excluding hydrogens is 603 g/mol. The van der Waals surface area contributed by atoms with Crippen LogP contribution in [0.25, 0.3) is 22.2 Å². The van der Waals surface area contributed by atoms with E-state index in [1.165, 1.54) is 24.7 Å². The first kappa shape index (κ1) is 31.4. The number of hydrogen-bond acceptors (Lipinski definition) is 8. The Morgan fingerprint density at radius 3 is 2.55 bits per heavy atom. The molecule has 0 fully saturated rings. The van der Waals surface area contributed by atoms with Gasteiger partial charge < -0.3 is 14.5 Å². The molecule has 0 bridgehead atoms. The van der Waals surface area contributed by atoms with Crippen molar-refractivity contribution in [2.75, 3.05) is 30.4 Å². The zero-order chi connectivity index (χ0) is 31.3. The number of fused-ring (bicyclic) bond motifs is 1. The molecule has 44 heavy (non-hydrogen) atoms. The summed E-state index contributed by atoms with van der Waals surface area (Å²) in [7, 11) is -3.23. The molecule has 3 aromatic carbocycles. The minimum absolute atomic E-state index is 0.0224. The summed E-state index contributed by atoms with van der Waals surface area (Å²) in [6.45, 7) is 6.06. The molecule has 0 saturated carbocycles. The van der Waals surface area contributed by atoms with Crippen molar-refractivity contribution in [1.29, 1.82) is 0 Å². The molecule has 1 atom stereocenters. The number of nitrogens with zero attached hydrogens (tertiary/aromatic N) is 3. The van der Waals surface area contributed by atoms with E-state index in [1.807, 2.05) is 56.3 Å². The SMILES string of the molecule is CCN(CC)C(CS(C)(=O)=O)c1ccc(-c2ccc3ncnc(NCc4ccc(OCc5cccc(F)c5)c(Cl)c4)c3c2)o1. The molecule has 0 saturated heterocycles. The zero-order valence-corrected chi connectivity index (χ0v) is 26.3. The highest BCUT2D eigenvalue weighted by molar-refractivity contribution is 7.90. The Bertz CT molecular complexity index is 1860. The van der Waals surface area contributed by atoms with Crippen molar-refractivity contribution < 1.29 is 22.0 Å². The van der Waals surface area contributed by atoms with E-state index >= 15 is 0 Å². The second-order valence-electron chi connectivity index (χ2n) is 10.5. The van der Waals surface area contributed by atoms with E-state index in [2.05, 4.69) is 20.2 Å². The molecule has 1 unspecified atom stereocenters. The van der Waals surface area contributed by atoms with Gasteiger partial charge in [-0.15, -0.1) is 0 Å². The van der Waals surface area contributed by atoms with Crippen LogP contribution in [-0.4, -0.2) is 48.4 Å². The number of halogens is 2. The van der Waals surface area contributed by atoms with Crippen LogP contribution in [-0.2, 0) is 23.0 Å². The van der Waals surface area contributed by atoms with Crippen LogP contribution in [0.5, 0.6) is 5.75 Å². The van der Waals surface area contributed by atoms with Crippen LogP contribution in [0.2, 0.25) is 5.02 Å². The topological polar surface area (TPSA) is 97.6 Å². The molecule has 0 aliphatic carbocycles. The van der Waals surface area contributed by atoms with Crippen molar-refractivity contribution in [3.05, 3.63) is 107 Å². The fourth-order valence-corrected chi connectivity index (χ4v) is 6.31. The zero-order valence-electron chi connectivity index (χ0n) is 24.8. The Morgan fingerprint density at radius 1 is 1.00 bits per heavy atom. The van der Waals surface area contributed by atoms with Crippen molar-refractivity contribution in [3.63, 3.8) is 0 Å². The van der Waals surface area contributed by atoms with Crippen LogP contribution in [0.1, 0.15) is 36.8 Å². The molecule has 5 aromatic rings. The number of aromatic nitrogens is 2. The monoisotopic (exact) mass is 636 g/mol. The number of hydrogen-bond donors (Lipinski definition) is 1. The molecule has 0 aliphatic heterocycles. The van der Waals surface area contributed by atoms with Crippen LogP contribution in [0.15, 0.2) is 83.5 Å². The first-order valence-corrected chi connectivity index (χ1v) is 16.7. The van der Waals surface area contributed by atoms with Crippen molar-refractivity contribution >= 4 is 38.2 Å². The van der Waals surface area contributed by atoms with Gasteiger partial charge in [0.15, 0.2) is 0 Å². The molecule has 0 aliphatic rings. The van der Waals surface area contributed by atoms with Crippen LogP contribution >= 0.6 is 11.6 Å². The quantitative estimate of drug-likeness (QED) is 0.144. The van der Waals surface area contributed by atoms with Gasteiger partial charge in [0.1, 0.15) is 51.7 Å². The smallest absolute Gasteiger partial charge is 0.149 e. The Kier molecular flexibility index (Phi) is 9.83. The molecule has 2 heterocycles. The summed E-state index contributed by atoms with van der Waals surface area (Å²) in [5, 5.41) is 4.63. The van der Waals surface area contributed by atoms with Crippen molar-refractivity contribution in [2.24, 2.45) is 0 Å². The Balaban J connectivity index is 1.33. The van der Waals surface area contributed by atoms with Crippen LogP contribution in [0, 0.1) is 5.82 Å². The summed E-state index contributed by atoms with van der Waals surface area (Å²) in [6.07, 6.45) is 2.75. The molecule has 5 rings (SSSR count). The number of furan rings is 1. The summed E-state index contributed by atoms with van der Waals surface area (Å²) in [5.41, 5.74) is 3.21. The van der Waals surface area contributed by atoms with Crippen LogP contribution in [0.4, 0.5) is 10.2 Å². The van der Waals surface area contributed by atoms with Crippen molar-refractivity contribution in [1.82, 2.24) is 14.9 Å². The fourth-order valence-electron chi connectivity index (χ4n) is 5.10. The Hall–Kier alpha value is -3.99. The third kappa shape index (κ3) is 7.74. The van der Waals surface area contributed by atoms with E-state index in [-0.39, 0.29) is 24.2 Å². The number of sulfone groups is 1. The largest absolute Gasteiger partial charge is 0.487 e. The first-order valence-electron chi connectivity index (χ1n) is 14.3. The molecule has 0 amide bonds. The predicted octanol–water partition coefficient (Wildman–Crippen LogP) is 7.30. The normalized spacial score (nSPS) is 12.5. The van der Waals surface area contributed by atoms with Gasteiger partial charge in [0.25, 0.3) is 0 Å². The standard InChI is InChI=1S/C33H34ClFN4O4S/c1-4-39(5-2)29(20-44(3,40)41)32-14-13-30(43-32)24-10-11-28-26(17-24)33(38-21-37-28)36-18-22-9-12-31(27(34)16-22)42-19-23-7-6-8-25(35)15-23/h6-17,21,29H,4-5,18-20H2,1-3H3,(H,36,37,38). The minimum Gasteiger partial charge on any atom is -0.487 e. The van der Waals surface area contributed by atoms with Gasteiger partial charge in [0.2, 0.25) is 0 Å². The number of benzene rings is 3. The average Bonchev–Trinajstić information content (AvgIpc) is 3.49. The van der Waals surface area contributed by atoms with Gasteiger partial charge in [-0.1, -0.05) is 43.6 Å². The maximum Gasteiger partial charge on any atom is 0.149 e. The van der Waals surface area contributed by atoms with E-state index in [4.69, 9.17) is 20.8 Å².